The van der Waals surface area contributed by atoms with Crippen LogP contribution in [-0.4, -0.2) is 139 Å². The molecular formula is C35H53N3O13. The molecule has 4 aliphatic rings. The van der Waals surface area contributed by atoms with Crippen LogP contribution in [0.5, 0.6) is 5.75 Å². The van der Waals surface area contributed by atoms with E-state index < -0.39 is 66.4 Å². The van der Waals surface area contributed by atoms with Crippen LogP contribution < -0.4 is 20.7 Å². The molecule has 0 spiro atoms. The summed E-state index contributed by atoms with van der Waals surface area (Å²) in [6, 6.07) is 1.51. The third kappa shape index (κ3) is 11.1. The molecule has 286 valence electrons. The molecule has 0 aliphatic carbocycles. The molecule has 7 N–H and O–H groups in total. The first-order valence-corrected chi connectivity index (χ1v) is 17.6. The van der Waals surface area contributed by atoms with E-state index in [9.17, 15) is 39.6 Å². The standard InChI is InChI=1S/C35H53N3O13/c1-20-13-24-14-21(2)30(20)50-12-11-49-19-25(38-33(44)23-7-6-10-47-17-23)18-48-9-5-4-8-35(34(45)46)15-26(40)28(37-22(3)39)31(51-35)29(42)27(41)16-36-32(24)43/h13-14,23,25-29,31,40-42H,4-12,15-19H2,1-3H3,(H,36,43)(H,37,39)(H,38,44)(H,45,46)/t23?,25-,26+,27-,28?,29-,31?,35-/m1/s1. The van der Waals surface area contributed by atoms with Crippen molar-refractivity contribution >= 4 is 23.7 Å². The summed E-state index contributed by atoms with van der Waals surface area (Å²) >= 11 is 0. The van der Waals surface area contributed by atoms with Gasteiger partial charge in [0.15, 0.2) is 5.60 Å². The average Bonchev–Trinajstić information content (AvgIpc) is 3.09. The summed E-state index contributed by atoms with van der Waals surface area (Å²) in [6.45, 7) is 6.21. The molecule has 0 aromatic heterocycles. The van der Waals surface area contributed by atoms with Crippen molar-refractivity contribution in [2.75, 3.05) is 52.8 Å². The van der Waals surface area contributed by atoms with Gasteiger partial charge in [-0.25, -0.2) is 4.79 Å². The molecule has 51 heavy (non-hydrogen) atoms. The molecule has 2 saturated heterocycles. The zero-order chi connectivity index (χ0) is 37.1. The molecule has 8 atom stereocenters. The van der Waals surface area contributed by atoms with Crippen molar-refractivity contribution in [1.29, 1.82) is 0 Å². The number of carbonyl (C=O) groups excluding carboxylic acids is 3. The van der Waals surface area contributed by atoms with Crippen molar-refractivity contribution in [3.05, 3.63) is 28.8 Å². The Bertz CT molecular complexity index is 1330. The van der Waals surface area contributed by atoms with E-state index >= 15 is 0 Å². The van der Waals surface area contributed by atoms with Crippen LogP contribution in [0.1, 0.15) is 66.9 Å². The summed E-state index contributed by atoms with van der Waals surface area (Å²) in [5.74, 6) is -2.34. The maximum atomic E-state index is 13.1. The molecule has 4 bridgehead atoms. The first-order chi connectivity index (χ1) is 24.3. The van der Waals surface area contributed by atoms with Gasteiger partial charge in [0.05, 0.1) is 56.6 Å². The Balaban J connectivity index is 1.54. The molecule has 5 rings (SSSR count). The predicted molar refractivity (Wildman–Crippen MR) is 180 cm³/mol. The fraction of sp³-hybridized carbons (Fsp3) is 0.714. The Morgan fingerprint density at radius 1 is 0.882 bits per heavy atom. The fourth-order valence-electron chi connectivity index (χ4n) is 6.78. The summed E-state index contributed by atoms with van der Waals surface area (Å²) in [5.41, 5.74) is -0.327. The Kier molecular flexibility index (Phi) is 15.0. The number of aliphatic hydroxyl groups excluding tert-OH is 3. The van der Waals surface area contributed by atoms with Gasteiger partial charge in [0, 0.05) is 38.7 Å². The minimum atomic E-state index is -1.96. The summed E-state index contributed by atoms with van der Waals surface area (Å²) in [6.07, 6.45) is -4.72. The van der Waals surface area contributed by atoms with E-state index in [-0.39, 0.29) is 69.7 Å². The number of aliphatic carboxylic acids is 1. The number of carbonyl (C=O) groups is 4. The number of carboxylic acids is 1. The summed E-state index contributed by atoms with van der Waals surface area (Å²) < 4.78 is 29.2. The lowest BCUT2D eigenvalue weighted by Gasteiger charge is -2.47. The molecule has 3 unspecified atom stereocenters. The minimum absolute atomic E-state index is 0.0781. The number of carboxylic acid groups (broad SMARTS) is 1. The summed E-state index contributed by atoms with van der Waals surface area (Å²) in [4.78, 5) is 50.7. The zero-order valence-corrected chi connectivity index (χ0v) is 29.6. The highest BCUT2D eigenvalue weighted by molar-refractivity contribution is 5.95. The number of benzene rings is 1. The van der Waals surface area contributed by atoms with E-state index in [1.807, 2.05) is 0 Å². The highest BCUT2D eigenvalue weighted by atomic mass is 16.6. The number of hydrogen-bond donors (Lipinski definition) is 7. The van der Waals surface area contributed by atoms with Gasteiger partial charge in [-0.05, 0) is 69.2 Å². The van der Waals surface area contributed by atoms with Crippen LogP contribution in [0, 0.1) is 19.8 Å². The second kappa shape index (κ2) is 18.9. The van der Waals surface area contributed by atoms with Gasteiger partial charge >= 0.3 is 5.97 Å². The van der Waals surface area contributed by atoms with E-state index in [1.165, 1.54) is 6.92 Å². The first-order valence-electron chi connectivity index (χ1n) is 17.6. The second-order valence-corrected chi connectivity index (χ2v) is 13.7. The van der Waals surface area contributed by atoms with Gasteiger partial charge in [0.25, 0.3) is 5.91 Å². The summed E-state index contributed by atoms with van der Waals surface area (Å²) in [5, 5.41) is 51.6. The van der Waals surface area contributed by atoms with Crippen molar-refractivity contribution in [1.82, 2.24) is 16.0 Å². The lowest BCUT2D eigenvalue weighted by atomic mass is 9.81. The monoisotopic (exact) mass is 723 g/mol. The van der Waals surface area contributed by atoms with Crippen molar-refractivity contribution in [3.8, 4) is 5.75 Å². The lowest BCUT2D eigenvalue weighted by Crippen LogP contribution is -2.67. The zero-order valence-electron chi connectivity index (χ0n) is 29.6. The van der Waals surface area contributed by atoms with Crippen molar-refractivity contribution in [3.63, 3.8) is 0 Å². The largest absolute Gasteiger partial charge is 0.491 e. The van der Waals surface area contributed by atoms with Gasteiger partial charge in [0.2, 0.25) is 11.8 Å². The third-order valence-electron chi connectivity index (χ3n) is 9.46. The number of aryl methyl sites for hydroxylation is 2. The number of nitrogens with one attached hydrogen (secondary N) is 3. The number of fused-ring (bicyclic) bond motifs is 17. The van der Waals surface area contributed by atoms with Gasteiger partial charge < -0.3 is 60.1 Å². The highest BCUT2D eigenvalue weighted by Crippen LogP contribution is 2.36. The molecule has 0 radical (unpaired) electrons. The number of rotatable bonds is 4. The quantitative estimate of drug-likeness (QED) is 0.213. The van der Waals surface area contributed by atoms with Crippen molar-refractivity contribution in [2.45, 2.75) is 101 Å². The predicted octanol–water partition coefficient (Wildman–Crippen LogP) is -0.260. The maximum Gasteiger partial charge on any atom is 0.336 e. The number of aliphatic hydroxyl groups is 3. The van der Waals surface area contributed by atoms with Gasteiger partial charge in [-0.2, -0.15) is 0 Å². The van der Waals surface area contributed by atoms with Gasteiger partial charge in [-0.1, -0.05) is 0 Å². The second-order valence-electron chi connectivity index (χ2n) is 13.7. The molecule has 16 nitrogen and oxygen atoms in total. The van der Waals surface area contributed by atoms with Crippen LogP contribution >= 0.6 is 0 Å². The van der Waals surface area contributed by atoms with Crippen molar-refractivity contribution in [2.24, 2.45) is 5.92 Å². The fourth-order valence-corrected chi connectivity index (χ4v) is 6.78. The number of ether oxygens (including phenoxy) is 5. The molecule has 1 aromatic carbocycles. The van der Waals surface area contributed by atoms with E-state index in [0.717, 1.165) is 12.8 Å². The molecular weight excluding hydrogens is 670 g/mol. The summed E-state index contributed by atoms with van der Waals surface area (Å²) in [7, 11) is 0. The molecule has 16 heteroatoms. The topological polar surface area (TPSA) is 231 Å². The third-order valence-corrected chi connectivity index (χ3v) is 9.46. The molecule has 4 heterocycles. The number of amides is 3. The Morgan fingerprint density at radius 2 is 1.55 bits per heavy atom. The lowest BCUT2D eigenvalue weighted by molar-refractivity contribution is -0.229. The first kappa shape index (κ1) is 40.4. The van der Waals surface area contributed by atoms with Crippen LogP contribution in [0.3, 0.4) is 0 Å². The van der Waals surface area contributed by atoms with E-state index in [4.69, 9.17) is 23.7 Å². The van der Waals surface area contributed by atoms with Gasteiger partial charge in [-0.3, -0.25) is 14.4 Å². The van der Waals surface area contributed by atoms with Crippen LogP contribution in [0.4, 0.5) is 0 Å². The van der Waals surface area contributed by atoms with Gasteiger partial charge in [-0.15, -0.1) is 0 Å². The van der Waals surface area contributed by atoms with Crippen LogP contribution in [0.15, 0.2) is 12.1 Å². The van der Waals surface area contributed by atoms with Crippen LogP contribution in [-0.2, 0) is 33.3 Å². The van der Waals surface area contributed by atoms with Crippen molar-refractivity contribution < 1.29 is 63.3 Å². The highest BCUT2D eigenvalue weighted by Gasteiger charge is 2.54. The Morgan fingerprint density at radius 3 is 2.20 bits per heavy atom. The molecule has 1 aromatic rings. The van der Waals surface area contributed by atoms with Gasteiger partial charge in [0.1, 0.15) is 24.6 Å². The number of hydrogen-bond acceptors (Lipinski definition) is 12. The Hall–Kier alpha value is -3.38. The smallest absolute Gasteiger partial charge is 0.336 e. The minimum Gasteiger partial charge on any atom is -0.491 e. The molecule has 3 amide bonds. The van der Waals surface area contributed by atoms with E-state index in [2.05, 4.69) is 16.0 Å². The van der Waals surface area contributed by atoms with Crippen LogP contribution in [0.2, 0.25) is 0 Å². The molecule has 0 saturated carbocycles. The van der Waals surface area contributed by atoms with E-state index in [0.29, 0.717) is 36.5 Å². The molecule has 2 fully saturated rings. The SMILES string of the molecule is CC(=O)NC1C2O[C@](C(=O)O)(CCCCOC[C@@H](NC(=O)C3CCCOC3)COCCOc3c(C)cc(cc3C)C(=O)NC[C@@H](O)[C@H]2O)C[C@@H]1O. The maximum absolute atomic E-state index is 13.1. The van der Waals surface area contributed by atoms with Crippen LogP contribution in [0.25, 0.3) is 0 Å². The molecule has 4 aliphatic heterocycles. The average molecular weight is 724 g/mol. The van der Waals surface area contributed by atoms with E-state index in [1.54, 1.807) is 26.0 Å². The normalized spacial score (nSPS) is 32.0. The Labute approximate surface area is 297 Å².